The van der Waals surface area contributed by atoms with Gasteiger partial charge in [-0.2, -0.15) is 0 Å². The number of rotatable bonds is 8. The minimum absolute atomic E-state index is 0.103. The minimum Gasteiger partial charge on any atom is -0.481 e. The third kappa shape index (κ3) is 4.13. The molecule has 0 radical (unpaired) electrons. The Morgan fingerprint density at radius 2 is 1.81 bits per heavy atom. The fraction of sp³-hybridized carbons (Fsp3) is 0.417. The predicted octanol–water partition coefficient (Wildman–Crippen LogP) is -1.06. The van der Waals surface area contributed by atoms with Crippen molar-refractivity contribution in [3.05, 3.63) is 12.7 Å². The van der Waals surface area contributed by atoms with Crippen LogP contribution in [0.3, 0.4) is 0 Å². The Morgan fingerprint density at radius 3 is 2.38 bits per heavy atom. The first kappa shape index (κ1) is 16.3. The number of carbonyl (C=O) groups is 5. The van der Waals surface area contributed by atoms with Crippen LogP contribution in [0.4, 0.5) is 4.79 Å². The van der Waals surface area contributed by atoms with Crippen LogP contribution < -0.4 is 5.32 Å². The molecule has 1 aliphatic rings. The van der Waals surface area contributed by atoms with Crippen LogP contribution >= 0.6 is 0 Å². The average Bonchev–Trinajstić information content (AvgIpc) is 2.61. The molecule has 1 fully saturated rings. The Balaban J connectivity index is 2.50. The van der Waals surface area contributed by atoms with Gasteiger partial charge in [0, 0.05) is 19.5 Å². The van der Waals surface area contributed by atoms with Gasteiger partial charge in [0.15, 0.2) is 0 Å². The van der Waals surface area contributed by atoms with Crippen LogP contribution in [0.1, 0.15) is 12.8 Å². The first-order chi connectivity index (χ1) is 9.88. The second-order valence-electron chi connectivity index (χ2n) is 4.23. The minimum atomic E-state index is -1.07. The molecule has 9 nitrogen and oxygen atoms in total. The summed E-state index contributed by atoms with van der Waals surface area (Å²) in [5.74, 6) is -3.70. The van der Waals surface area contributed by atoms with Gasteiger partial charge in [-0.15, -0.1) is 6.58 Å². The maximum absolute atomic E-state index is 11.8. The van der Waals surface area contributed by atoms with Crippen molar-refractivity contribution < 1.29 is 29.1 Å². The number of hydrogen-bond acceptors (Lipinski definition) is 5. The number of carbonyl (C=O) groups excluding carboxylic acids is 4. The predicted molar refractivity (Wildman–Crippen MR) is 68.9 cm³/mol. The zero-order chi connectivity index (χ0) is 16.0. The summed E-state index contributed by atoms with van der Waals surface area (Å²) in [6, 6.07) is -0.870. The SMILES string of the molecule is C=CCN1C(=O)C(=O)N(CC(=O)NCCCC(=O)O)C1=O. The molecule has 0 bridgehead atoms. The van der Waals surface area contributed by atoms with Crippen LogP contribution in [0.5, 0.6) is 0 Å². The summed E-state index contributed by atoms with van der Waals surface area (Å²) in [5.41, 5.74) is 0. The van der Waals surface area contributed by atoms with E-state index in [1.165, 1.54) is 6.08 Å². The van der Waals surface area contributed by atoms with E-state index in [0.717, 1.165) is 0 Å². The third-order valence-electron chi connectivity index (χ3n) is 2.64. The molecule has 9 heteroatoms. The number of carboxylic acids is 1. The van der Waals surface area contributed by atoms with Crippen molar-refractivity contribution in [2.45, 2.75) is 12.8 Å². The zero-order valence-corrected chi connectivity index (χ0v) is 11.2. The van der Waals surface area contributed by atoms with Crippen molar-refractivity contribution in [3.63, 3.8) is 0 Å². The molecule has 1 aliphatic heterocycles. The van der Waals surface area contributed by atoms with Crippen LogP contribution in [0.25, 0.3) is 0 Å². The lowest BCUT2D eigenvalue weighted by Gasteiger charge is -2.13. The maximum atomic E-state index is 11.8. The number of nitrogens with zero attached hydrogens (tertiary/aromatic N) is 2. The van der Waals surface area contributed by atoms with Crippen LogP contribution in [0, 0.1) is 0 Å². The van der Waals surface area contributed by atoms with Crippen molar-refractivity contribution in [2.75, 3.05) is 19.6 Å². The second-order valence-corrected chi connectivity index (χ2v) is 4.23. The van der Waals surface area contributed by atoms with Gasteiger partial charge in [0.1, 0.15) is 6.54 Å². The van der Waals surface area contributed by atoms with Gasteiger partial charge in [0.05, 0.1) is 0 Å². The highest BCUT2D eigenvalue weighted by Gasteiger charge is 2.44. The molecule has 0 aromatic heterocycles. The molecular formula is C12H15N3O6. The topological polar surface area (TPSA) is 124 Å². The van der Waals surface area contributed by atoms with Crippen molar-refractivity contribution in [1.82, 2.24) is 15.1 Å². The van der Waals surface area contributed by atoms with E-state index in [1.807, 2.05) is 0 Å². The van der Waals surface area contributed by atoms with Crippen LogP contribution in [-0.2, 0) is 19.2 Å². The molecule has 1 heterocycles. The first-order valence-electron chi connectivity index (χ1n) is 6.15. The number of nitrogens with one attached hydrogen (secondary N) is 1. The Bertz CT molecular complexity index is 501. The standard InChI is InChI=1S/C12H15N3O6/c1-2-6-14-10(19)11(20)15(12(14)21)7-8(16)13-5-3-4-9(17)18/h2H,1,3-7H2,(H,13,16)(H,17,18). The van der Waals surface area contributed by atoms with Gasteiger partial charge in [-0.3, -0.25) is 24.1 Å². The molecular weight excluding hydrogens is 282 g/mol. The molecule has 114 valence electrons. The van der Waals surface area contributed by atoms with E-state index in [1.54, 1.807) is 0 Å². The third-order valence-corrected chi connectivity index (χ3v) is 2.64. The second kappa shape index (κ2) is 7.17. The molecule has 21 heavy (non-hydrogen) atoms. The Labute approximate surface area is 120 Å². The lowest BCUT2D eigenvalue weighted by atomic mass is 10.3. The summed E-state index contributed by atoms with van der Waals surface area (Å²) in [6.07, 6.45) is 1.41. The van der Waals surface area contributed by atoms with Crippen LogP contribution in [-0.4, -0.2) is 64.3 Å². The van der Waals surface area contributed by atoms with E-state index in [-0.39, 0.29) is 25.9 Å². The highest BCUT2D eigenvalue weighted by molar-refractivity contribution is 6.45. The van der Waals surface area contributed by atoms with Crippen LogP contribution in [0.2, 0.25) is 0 Å². The van der Waals surface area contributed by atoms with E-state index in [9.17, 15) is 24.0 Å². The van der Waals surface area contributed by atoms with E-state index in [4.69, 9.17) is 5.11 Å². The Hall–Kier alpha value is -2.71. The molecule has 1 saturated heterocycles. The smallest absolute Gasteiger partial charge is 0.335 e. The van der Waals surface area contributed by atoms with Gasteiger partial charge < -0.3 is 10.4 Å². The zero-order valence-electron chi connectivity index (χ0n) is 11.2. The van der Waals surface area contributed by atoms with Gasteiger partial charge in [0.25, 0.3) is 0 Å². The monoisotopic (exact) mass is 297 g/mol. The highest BCUT2D eigenvalue weighted by atomic mass is 16.4. The Morgan fingerprint density at radius 1 is 1.19 bits per heavy atom. The summed E-state index contributed by atoms with van der Waals surface area (Å²) in [6.45, 7) is 2.78. The molecule has 0 saturated carbocycles. The number of amides is 5. The number of urea groups is 1. The largest absolute Gasteiger partial charge is 0.481 e. The fourth-order valence-corrected chi connectivity index (χ4v) is 1.65. The Kier molecular flexibility index (Phi) is 5.58. The molecule has 0 aromatic carbocycles. The number of imide groups is 2. The van der Waals surface area contributed by atoms with Gasteiger partial charge in [-0.05, 0) is 6.42 Å². The summed E-state index contributed by atoms with van der Waals surface area (Å²) >= 11 is 0. The number of aliphatic carboxylic acids is 1. The first-order valence-corrected chi connectivity index (χ1v) is 6.15. The van der Waals surface area contributed by atoms with Crippen molar-refractivity contribution in [1.29, 1.82) is 0 Å². The molecule has 0 atom stereocenters. The quantitative estimate of drug-likeness (QED) is 0.255. The van der Waals surface area contributed by atoms with E-state index in [0.29, 0.717) is 9.80 Å². The van der Waals surface area contributed by atoms with Crippen molar-refractivity contribution in [3.8, 4) is 0 Å². The molecule has 0 unspecified atom stereocenters. The maximum Gasteiger partial charge on any atom is 0.335 e. The molecule has 0 aromatic rings. The van der Waals surface area contributed by atoms with Crippen LogP contribution in [0.15, 0.2) is 12.7 Å². The van der Waals surface area contributed by atoms with Gasteiger partial charge >= 0.3 is 23.8 Å². The molecule has 5 amide bonds. The fourth-order valence-electron chi connectivity index (χ4n) is 1.65. The summed E-state index contributed by atoms with van der Waals surface area (Å²) in [7, 11) is 0. The van der Waals surface area contributed by atoms with Gasteiger partial charge in [0.2, 0.25) is 5.91 Å². The molecule has 1 rings (SSSR count). The van der Waals surface area contributed by atoms with Gasteiger partial charge in [-0.25, -0.2) is 9.69 Å². The summed E-state index contributed by atoms with van der Waals surface area (Å²) in [4.78, 5) is 57.9. The summed E-state index contributed by atoms with van der Waals surface area (Å²) < 4.78 is 0. The summed E-state index contributed by atoms with van der Waals surface area (Å²) in [5, 5.41) is 10.8. The normalized spacial score (nSPS) is 14.6. The number of carboxylic acid groups (broad SMARTS) is 1. The lowest BCUT2D eigenvalue weighted by Crippen LogP contribution is -2.41. The molecule has 0 aliphatic carbocycles. The number of hydrogen-bond donors (Lipinski definition) is 2. The van der Waals surface area contributed by atoms with E-state index >= 15 is 0 Å². The molecule has 2 N–H and O–H groups in total. The lowest BCUT2D eigenvalue weighted by molar-refractivity contribution is -0.143. The van der Waals surface area contributed by atoms with Gasteiger partial charge in [-0.1, -0.05) is 6.08 Å². The van der Waals surface area contributed by atoms with Crippen molar-refractivity contribution in [2.24, 2.45) is 0 Å². The van der Waals surface area contributed by atoms with Crippen molar-refractivity contribution >= 4 is 29.7 Å². The average molecular weight is 297 g/mol. The van der Waals surface area contributed by atoms with E-state index < -0.39 is 36.3 Å². The van der Waals surface area contributed by atoms with E-state index in [2.05, 4.69) is 11.9 Å². The molecule has 0 spiro atoms. The highest BCUT2D eigenvalue weighted by Crippen LogP contribution is 2.11.